The van der Waals surface area contributed by atoms with Crippen LogP contribution in [0.15, 0.2) is 12.5 Å². The Balaban J connectivity index is 1.65. The van der Waals surface area contributed by atoms with Crippen LogP contribution in [0, 0.1) is 3.57 Å². The van der Waals surface area contributed by atoms with Crippen molar-refractivity contribution in [1.29, 1.82) is 0 Å². The zero-order valence-electron chi connectivity index (χ0n) is 18.4. The molecule has 0 amide bonds. The van der Waals surface area contributed by atoms with Gasteiger partial charge in [-0.15, -0.1) is 0 Å². The molecule has 4 rings (SSSR count). The molecule has 4 atom stereocenters. The zero-order chi connectivity index (χ0) is 22.1. The Morgan fingerprint density at radius 2 is 1.90 bits per heavy atom. The fourth-order valence-electron chi connectivity index (χ4n) is 3.72. The van der Waals surface area contributed by atoms with Crippen LogP contribution in [0.5, 0.6) is 0 Å². The number of fused-ring (bicyclic) bond motifs is 2. The average Bonchev–Trinajstić information content (AvgIpc) is 3.21. The summed E-state index contributed by atoms with van der Waals surface area (Å²) in [5.41, 5.74) is 0.724. The normalized spacial score (nSPS) is 29.0. The molecule has 2 aliphatic rings. The van der Waals surface area contributed by atoms with E-state index in [2.05, 4.69) is 66.4 Å². The molecule has 0 aliphatic carbocycles. The molecule has 0 saturated carbocycles. The van der Waals surface area contributed by atoms with Gasteiger partial charge in [0.05, 0.1) is 12.0 Å². The molecule has 2 saturated heterocycles. The Bertz CT molecular complexity index is 961. The zero-order valence-corrected chi connectivity index (χ0v) is 22.3. The lowest BCUT2D eigenvalue weighted by molar-refractivity contribution is -0.199. The summed E-state index contributed by atoms with van der Waals surface area (Å²) < 4.78 is 28.4. The Morgan fingerprint density at radius 3 is 2.57 bits per heavy atom. The van der Waals surface area contributed by atoms with Gasteiger partial charge in [0, 0.05) is 9.77 Å². The van der Waals surface area contributed by atoms with Crippen LogP contribution in [0.3, 0.4) is 0 Å². The largest absolute Gasteiger partial charge is 0.414 e. The number of rotatable bonds is 4. The lowest BCUT2D eigenvalue weighted by Crippen LogP contribution is -2.44. The van der Waals surface area contributed by atoms with Gasteiger partial charge in [-0.25, -0.2) is 9.97 Å². The molecule has 0 spiro atoms. The summed E-state index contributed by atoms with van der Waals surface area (Å²) in [6.07, 6.45) is 2.34. The highest BCUT2D eigenvalue weighted by Gasteiger charge is 2.56. The predicted octanol–water partition coefficient (Wildman–Crippen LogP) is 5.13. The van der Waals surface area contributed by atoms with Crippen LogP contribution < -0.4 is 0 Å². The third-order valence-electron chi connectivity index (χ3n) is 6.33. The molecule has 0 aromatic carbocycles. The van der Waals surface area contributed by atoms with Gasteiger partial charge < -0.3 is 23.2 Å². The van der Waals surface area contributed by atoms with E-state index in [0.29, 0.717) is 11.8 Å². The fraction of sp³-hybridized carbons (Fsp3) is 0.700. The third kappa shape index (κ3) is 3.95. The van der Waals surface area contributed by atoms with Crippen molar-refractivity contribution >= 4 is 53.5 Å². The maximum atomic E-state index is 6.48. The Morgan fingerprint density at radius 1 is 1.23 bits per heavy atom. The molecule has 0 N–H and O–H groups in total. The highest BCUT2D eigenvalue weighted by Crippen LogP contribution is 2.45. The lowest BCUT2D eigenvalue weighted by atomic mass is 10.1. The SMILES string of the molecule is CC1(C)O[C@@H]2[C@H](O1)[C@@H](CO[Si](C)(C)C(C)(C)C)O[C@H]2n1cc(I)c2c(Cl)ncnc21. The van der Waals surface area contributed by atoms with Crippen molar-refractivity contribution in [2.24, 2.45) is 0 Å². The van der Waals surface area contributed by atoms with Crippen molar-refractivity contribution in [2.45, 2.75) is 83.1 Å². The van der Waals surface area contributed by atoms with E-state index in [0.717, 1.165) is 14.6 Å². The summed E-state index contributed by atoms with van der Waals surface area (Å²) in [4.78, 5) is 8.58. The van der Waals surface area contributed by atoms with Crippen molar-refractivity contribution in [3.05, 3.63) is 21.2 Å². The van der Waals surface area contributed by atoms with Crippen molar-refractivity contribution < 1.29 is 18.6 Å². The molecule has 0 radical (unpaired) electrons. The molecule has 7 nitrogen and oxygen atoms in total. The Labute approximate surface area is 197 Å². The van der Waals surface area contributed by atoms with E-state index in [9.17, 15) is 0 Å². The molecular weight excluding hydrogens is 537 g/mol. The number of ether oxygens (including phenoxy) is 3. The molecule has 4 heterocycles. The van der Waals surface area contributed by atoms with E-state index in [4.69, 9.17) is 30.2 Å². The fourth-order valence-corrected chi connectivity index (χ4v) is 5.92. The van der Waals surface area contributed by atoms with Crippen LogP contribution in [-0.2, 0) is 18.6 Å². The number of hydrogen-bond donors (Lipinski definition) is 0. The van der Waals surface area contributed by atoms with Gasteiger partial charge in [0.15, 0.2) is 20.3 Å². The van der Waals surface area contributed by atoms with Gasteiger partial charge in [0.25, 0.3) is 0 Å². The van der Waals surface area contributed by atoms with Crippen molar-refractivity contribution in [3.8, 4) is 0 Å². The van der Waals surface area contributed by atoms with E-state index >= 15 is 0 Å². The van der Waals surface area contributed by atoms with Gasteiger partial charge in [-0.05, 0) is 54.6 Å². The minimum absolute atomic E-state index is 0.122. The second-order valence-electron chi connectivity index (χ2n) is 9.95. The molecule has 0 unspecified atom stereocenters. The Kier molecular flexibility index (Phi) is 5.82. The van der Waals surface area contributed by atoms with Crippen molar-refractivity contribution in [1.82, 2.24) is 14.5 Å². The van der Waals surface area contributed by atoms with E-state index in [1.54, 1.807) is 0 Å². The summed E-state index contributed by atoms with van der Waals surface area (Å²) in [5, 5.41) is 1.37. The minimum Gasteiger partial charge on any atom is -0.414 e. The van der Waals surface area contributed by atoms with Gasteiger partial charge >= 0.3 is 0 Å². The quantitative estimate of drug-likeness (QED) is 0.291. The first kappa shape index (κ1) is 22.9. The second-order valence-corrected chi connectivity index (χ2v) is 16.3. The molecular formula is C20H29ClIN3O4Si. The first-order valence-electron chi connectivity index (χ1n) is 10.1. The smallest absolute Gasteiger partial charge is 0.192 e. The summed E-state index contributed by atoms with van der Waals surface area (Å²) >= 11 is 8.58. The predicted molar refractivity (Wildman–Crippen MR) is 126 cm³/mol. The van der Waals surface area contributed by atoms with Crippen molar-refractivity contribution in [2.75, 3.05) is 6.61 Å². The summed E-state index contributed by atoms with van der Waals surface area (Å²) in [6, 6.07) is 0. The van der Waals surface area contributed by atoms with Crippen LogP contribution >= 0.6 is 34.2 Å². The van der Waals surface area contributed by atoms with Crippen LogP contribution in [-0.4, -0.2) is 53.6 Å². The second kappa shape index (κ2) is 7.63. The van der Waals surface area contributed by atoms with Gasteiger partial charge in [-0.1, -0.05) is 32.4 Å². The highest BCUT2D eigenvalue weighted by molar-refractivity contribution is 14.1. The number of aromatic nitrogens is 3. The maximum Gasteiger partial charge on any atom is 0.192 e. The number of nitrogens with zero attached hydrogens (tertiary/aromatic N) is 3. The van der Waals surface area contributed by atoms with E-state index < -0.39 is 14.1 Å². The summed E-state index contributed by atoms with van der Waals surface area (Å²) in [6.45, 7) is 15.5. The third-order valence-corrected chi connectivity index (χ3v) is 11.9. The lowest BCUT2D eigenvalue weighted by Gasteiger charge is -2.37. The monoisotopic (exact) mass is 565 g/mol. The topological polar surface area (TPSA) is 67.6 Å². The van der Waals surface area contributed by atoms with Gasteiger partial charge in [0.2, 0.25) is 0 Å². The van der Waals surface area contributed by atoms with Crippen LogP contribution in [0.25, 0.3) is 11.0 Å². The van der Waals surface area contributed by atoms with Gasteiger partial charge in [-0.3, -0.25) is 0 Å². The molecule has 0 bridgehead atoms. The molecule has 2 aliphatic heterocycles. The number of halogens is 2. The molecule has 2 aromatic rings. The Hall–Kier alpha value is -0.303. The summed E-state index contributed by atoms with van der Waals surface area (Å²) in [7, 11) is -1.92. The van der Waals surface area contributed by atoms with Crippen molar-refractivity contribution in [3.63, 3.8) is 0 Å². The van der Waals surface area contributed by atoms with Gasteiger partial charge in [0.1, 0.15) is 35.4 Å². The molecule has 166 valence electrons. The van der Waals surface area contributed by atoms with Crippen LogP contribution in [0.1, 0.15) is 40.8 Å². The minimum atomic E-state index is -1.92. The first-order chi connectivity index (χ1) is 13.8. The van der Waals surface area contributed by atoms with E-state index in [-0.39, 0.29) is 29.6 Å². The standard InChI is InChI=1S/C20H29ClIN3O4Si/c1-19(2,3)30(6,7)26-9-12-14-15(29-20(4,5)28-14)18(27-12)25-8-11(22)13-16(21)23-10-24-17(13)25/h8,10,12,14-15,18H,9H2,1-7H3/t12-,14-,15-,18-/m1/s1. The van der Waals surface area contributed by atoms with E-state index in [1.165, 1.54) is 6.33 Å². The van der Waals surface area contributed by atoms with E-state index in [1.807, 2.05) is 24.6 Å². The average molecular weight is 566 g/mol. The number of hydrogen-bond acceptors (Lipinski definition) is 6. The molecule has 30 heavy (non-hydrogen) atoms. The van der Waals surface area contributed by atoms with Gasteiger partial charge in [-0.2, -0.15) is 0 Å². The van der Waals surface area contributed by atoms with Crippen LogP contribution in [0.4, 0.5) is 0 Å². The maximum absolute atomic E-state index is 6.48. The molecule has 10 heteroatoms. The molecule has 2 aromatic heterocycles. The molecule has 2 fully saturated rings. The summed E-state index contributed by atoms with van der Waals surface area (Å²) in [5.74, 6) is -0.685. The highest BCUT2D eigenvalue weighted by atomic mass is 127. The van der Waals surface area contributed by atoms with Crippen LogP contribution in [0.2, 0.25) is 23.3 Å². The first-order valence-corrected chi connectivity index (χ1v) is 14.5.